The number of hydrogen-bond donors (Lipinski definition) is 2. The number of nitrogens with one attached hydrogen (secondary N) is 1. The van der Waals surface area contributed by atoms with E-state index in [2.05, 4.69) is 36.2 Å². The Hall–Kier alpha value is -0.940. The summed E-state index contributed by atoms with van der Waals surface area (Å²) in [5.41, 5.74) is -0.238. The third-order valence-electron chi connectivity index (χ3n) is 3.25. The fourth-order valence-corrected chi connectivity index (χ4v) is 2.02. The molecule has 1 heterocycles. The molecule has 0 aromatic carbocycles. The van der Waals surface area contributed by atoms with Gasteiger partial charge in [-0.1, -0.05) is 20.8 Å². The van der Waals surface area contributed by atoms with E-state index in [1.165, 1.54) is 0 Å². The molecule has 0 spiro atoms. The standard InChI is InChI=1S/C13H26N4O/c1-5-11-15-12(6-2)17(16-11)9-8-13(4,10-18)14-7-3/h14,18H,5-10H2,1-4H3. The molecule has 0 aliphatic heterocycles. The molecular formula is C13H26N4O. The van der Waals surface area contributed by atoms with E-state index in [1.54, 1.807) is 0 Å². The molecule has 1 rings (SSSR count). The zero-order valence-electron chi connectivity index (χ0n) is 12.0. The zero-order chi connectivity index (χ0) is 13.6. The molecule has 104 valence electrons. The molecule has 0 fully saturated rings. The first-order chi connectivity index (χ1) is 8.58. The summed E-state index contributed by atoms with van der Waals surface area (Å²) >= 11 is 0. The summed E-state index contributed by atoms with van der Waals surface area (Å²) < 4.78 is 1.98. The minimum absolute atomic E-state index is 0.137. The van der Waals surface area contributed by atoms with Crippen molar-refractivity contribution in [2.45, 2.75) is 59.0 Å². The highest BCUT2D eigenvalue weighted by molar-refractivity contribution is 4.93. The summed E-state index contributed by atoms with van der Waals surface area (Å²) in [6, 6.07) is 0. The summed E-state index contributed by atoms with van der Waals surface area (Å²) in [6.07, 6.45) is 2.60. The molecular weight excluding hydrogens is 228 g/mol. The topological polar surface area (TPSA) is 63.0 Å². The maximum absolute atomic E-state index is 9.46. The minimum Gasteiger partial charge on any atom is -0.394 e. The van der Waals surface area contributed by atoms with Gasteiger partial charge in [0.15, 0.2) is 5.82 Å². The monoisotopic (exact) mass is 254 g/mol. The van der Waals surface area contributed by atoms with E-state index in [0.717, 1.165) is 44.0 Å². The largest absolute Gasteiger partial charge is 0.394 e. The number of rotatable bonds is 8. The number of likely N-dealkylation sites (N-methyl/N-ethyl adjacent to an activating group) is 1. The molecule has 0 amide bonds. The number of aliphatic hydroxyl groups is 1. The van der Waals surface area contributed by atoms with Crippen molar-refractivity contribution in [3.63, 3.8) is 0 Å². The quantitative estimate of drug-likeness (QED) is 0.730. The molecule has 0 saturated carbocycles. The Bertz CT molecular complexity index is 364. The predicted molar refractivity (Wildman–Crippen MR) is 72.6 cm³/mol. The van der Waals surface area contributed by atoms with Crippen LogP contribution in [0.3, 0.4) is 0 Å². The van der Waals surface area contributed by atoms with Crippen LogP contribution in [0.5, 0.6) is 0 Å². The van der Waals surface area contributed by atoms with Gasteiger partial charge in [-0.3, -0.25) is 0 Å². The highest BCUT2D eigenvalue weighted by Crippen LogP contribution is 2.11. The Kier molecular flexibility index (Phi) is 5.75. The van der Waals surface area contributed by atoms with Crippen LogP contribution in [0.2, 0.25) is 0 Å². The molecule has 0 saturated heterocycles. The molecule has 0 bridgehead atoms. The molecule has 0 aliphatic carbocycles. The highest BCUT2D eigenvalue weighted by Gasteiger charge is 2.22. The molecule has 1 aromatic rings. The third-order valence-corrected chi connectivity index (χ3v) is 3.25. The van der Waals surface area contributed by atoms with Gasteiger partial charge < -0.3 is 10.4 Å². The van der Waals surface area contributed by atoms with Crippen LogP contribution < -0.4 is 5.32 Å². The lowest BCUT2D eigenvalue weighted by atomic mass is 9.99. The Morgan fingerprint density at radius 1 is 1.28 bits per heavy atom. The molecule has 2 N–H and O–H groups in total. The summed E-state index contributed by atoms with van der Waals surface area (Å²) in [7, 11) is 0. The van der Waals surface area contributed by atoms with E-state index in [9.17, 15) is 5.11 Å². The first kappa shape index (κ1) is 15.1. The molecule has 5 heteroatoms. The fraction of sp³-hybridized carbons (Fsp3) is 0.846. The average Bonchev–Trinajstić information content (AvgIpc) is 2.79. The average molecular weight is 254 g/mol. The van der Waals surface area contributed by atoms with Crippen molar-refractivity contribution in [2.75, 3.05) is 13.2 Å². The van der Waals surface area contributed by atoms with Crippen LogP contribution in [0, 0.1) is 0 Å². The van der Waals surface area contributed by atoms with Crippen LogP contribution in [0.1, 0.15) is 45.8 Å². The van der Waals surface area contributed by atoms with Crippen LogP contribution in [0.15, 0.2) is 0 Å². The van der Waals surface area contributed by atoms with E-state index in [1.807, 2.05) is 11.6 Å². The SMILES string of the molecule is CCNC(C)(CO)CCn1nc(CC)nc1CC. The van der Waals surface area contributed by atoms with Crippen molar-refractivity contribution in [3.8, 4) is 0 Å². The number of aromatic nitrogens is 3. The first-order valence-corrected chi connectivity index (χ1v) is 6.87. The molecule has 0 aliphatic rings. The summed E-state index contributed by atoms with van der Waals surface area (Å²) in [6.45, 7) is 10.0. The Morgan fingerprint density at radius 2 is 2.00 bits per heavy atom. The maximum Gasteiger partial charge on any atom is 0.150 e. The number of hydrogen-bond acceptors (Lipinski definition) is 4. The zero-order valence-corrected chi connectivity index (χ0v) is 12.0. The molecule has 1 unspecified atom stereocenters. The number of aryl methyl sites for hydroxylation is 3. The smallest absolute Gasteiger partial charge is 0.150 e. The molecule has 5 nitrogen and oxygen atoms in total. The van der Waals surface area contributed by atoms with Gasteiger partial charge in [-0.05, 0) is 19.9 Å². The number of aliphatic hydroxyl groups excluding tert-OH is 1. The third kappa shape index (κ3) is 3.78. The van der Waals surface area contributed by atoms with Gasteiger partial charge >= 0.3 is 0 Å². The predicted octanol–water partition coefficient (Wildman–Crippen LogP) is 1.15. The van der Waals surface area contributed by atoms with Crippen LogP contribution in [-0.4, -0.2) is 38.6 Å². The second-order valence-corrected chi connectivity index (χ2v) is 4.87. The van der Waals surface area contributed by atoms with Gasteiger partial charge in [-0.25, -0.2) is 9.67 Å². The summed E-state index contributed by atoms with van der Waals surface area (Å²) in [5.74, 6) is 1.93. The lowest BCUT2D eigenvalue weighted by molar-refractivity contribution is 0.161. The van der Waals surface area contributed by atoms with E-state index in [0.29, 0.717) is 0 Å². The Morgan fingerprint density at radius 3 is 2.50 bits per heavy atom. The molecule has 0 radical (unpaired) electrons. The Labute approximate surface area is 110 Å². The normalized spacial score (nSPS) is 14.7. The summed E-state index contributed by atoms with van der Waals surface area (Å²) in [4.78, 5) is 4.49. The maximum atomic E-state index is 9.46. The van der Waals surface area contributed by atoms with Gasteiger partial charge in [0.25, 0.3) is 0 Å². The van der Waals surface area contributed by atoms with E-state index in [4.69, 9.17) is 0 Å². The van der Waals surface area contributed by atoms with Gasteiger partial charge in [0.05, 0.1) is 6.61 Å². The van der Waals surface area contributed by atoms with Gasteiger partial charge in [-0.2, -0.15) is 5.10 Å². The van der Waals surface area contributed by atoms with Gasteiger partial charge in [0.1, 0.15) is 5.82 Å². The second-order valence-electron chi connectivity index (χ2n) is 4.87. The van der Waals surface area contributed by atoms with E-state index < -0.39 is 0 Å². The van der Waals surface area contributed by atoms with Crippen molar-refractivity contribution >= 4 is 0 Å². The molecule has 1 aromatic heterocycles. The van der Waals surface area contributed by atoms with Gasteiger partial charge in [0.2, 0.25) is 0 Å². The lowest BCUT2D eigenvalue weighted by Crippen LogP contribution is -2.46. The molecule has 18 heavy (non-hydrogen) atoms. The minimum atomic E-state index is -0.238. The van der Waals surface area contributed by atoms with Crippen molar-refractivity contribution in [2.24, 2.45) is 0 Å². The molecule has 1 atom stereocenters. The number of nitrogens with zero attached hydrogens (tertiary/aromatic N) is 3. The van der Waals surface area contributed by atoms with Crippen LogP contribution in [0.4, 0.5) is 0 Å². The van der Waals surface area contributed by atoms with Crippen molar-refractivity contribution in [1.82, 2.24) is 20.1 Å². The first-order valence-electron chi connectivity index (χ1n) is 6.87. The van der Waals surface area contributed by atoms with Crippen LogP contribution in [0.25, 0.3) is 0 Å². The van der Waals surface area contributed by atoms with E-state index >= 15 is 0 Å². The van der Waals surface area contributed by atoms with Gasteiger partial charge in [0, 0.05) is 24.9 Å². The van der Waals surface area contributed by atoms with Crippen molar-refractivity contribution < 1.29 is 5.11 Å². The van der Waals surface area contributed by atoms with Crippen molar-refractivity contribution in [1.29, 1.82) is 0 Å². The van der Waals surface area contributed by atoms with E-state index in [-0.39, 0.29) is 12.1 Å². The second kappa shape index (κ2) is 6.85. The van der Waals surface area contributed by atoms with Crippen LogP contribution in [-0.2, 0) is 19.4 Å². The fourth-order valence-electron chi connectivity index (χ4n) is 2.02. The summed E-state index contributed by atoms with van der Waals surface area (Å²) in [5, 5.41) is 17.3. The van der Waals surface area contributed by atoms with Crippen molar-refractivity contribution in [3.05, 3.63) is 11.6 Å². The Balaban J connectivity index is 2.69. The van der Waals surface area contributed by atoms with Gasteiger partial charge in [-0.15, -0.1) is 0 Å². The van der Waals surface area contributed by atoms with Crippen LogP contribution >= 0.6 is 0 Å². The highest BCUT2D eigenvalue weighted by atomic mass is 16.3. The lowest BCUT2D eigenvalue weighted by Gasteiger charge is -2.28.